The Labute approximate surface area is 145 Å². The first-order chi connectivity index (χ1) is 12.4. The van der Waals surface area contributed by atoms with Gasteiger partial charge in [-0.15, -0.1) is 0 Å². The van der Waals surface area contributed by atoms with Gasteiger partial charge in [0.25, 0.3) is 0 Å². The van der Waals surface area contributed by atoms with Crippen LogP contribution < -0.4 is 0 Å². The quantitative estimate of drug-likeness (QED) is 0.607. The molecule has 3 aromatic heterocycles. The highest BCUT2D eigenvalue weighted by atomic mass is 19.4. The molecule has 1 N–H and O–H groups in total. The lowest BCUT2D eigenvalue weighted by molar-refractivity contribution is -0.137. The van der Waals surface area contributed by atoms with Gasteiger partial charge in [0.05, 0.1) is 17.8 Å². The molecule has 0 spiro atoms. The number of hydrogen-bond donors (Lipinski definition) is 1. The third-order valence-corrected chi connectivity index (χ3v) is 4.01. The van der Waals surface area contributed by atoms with Crippen LogP contribution in [0.5, 0.6) is 0 Å². The van der Waals surface area contributed by atoms with E-state index in [0.717, 1.165) is 17.5 Å². The predicted octanol–water partition coefficient (Wildman–Crippen LogP) is 3.59. The third kappa shape index (κ3) is 2.92. The second kappa shape index (κ2) is 5.94. The Morgan fingerprint density at radius 3 is 2.50 bits per heavy atom. The number of aromatic amines is 1. The maximum absolute atomic E-state index is 12.6. The molecule has 6 nitrogen and oxygen atoms in total. The second-order valence-corrected chi connectivity index (χ2v) is 5.82. The fourth-order valence-electron chi connectivity index (χ4n) is 2.74. The van der Waals surface area contributed by atoms with Crippen LogP contribution in [0.15, 0.2) is 42.9 Å². The molecule has 132 valence electrons. The number of aryl methyl sites for hydroxylation is 1. The summed E-state index contributed by atoms with van der Waals surface area (Å²) in [5.41, 5.74) is 2.65. The number of fused-ring (bicyclic) bond motifs is 1. The summed E-state index contributed by atoms with van der Waals surface area (Å²) in [6, 6.07) is 6.83. The van der Waals surface area contributed by atoms with Gasteiger partial charge in [0.15, 0.2) is 0 Å². The molecule has 0 saturated heterocycles. The maximum Gasteiger partial charge on any atom is 0.416 e. The first kappa shape index (κ1) is 16.2. The number of hydrogen-bond acceptors (Lipinski definition) is 4. The number of nitrogens with zero attached hydrogens (tertiary/aromatic N) is 5. The van der Waals surface area contributed by atoms with Crippen molar-refractivity contribution in [2.75, 3.05) is 0 Å². The molecule has 0 unspecified atom stereocenters. The van der Waals surface area contributed by atoms with Crippen molar-refractivity contribution in [1.29, 1.82) is 0 Å². The van der Waals surface area contributed by atoms with Gasteiger partial charge in [0.1, 0.15) is 23.4 Å². The molecule has 26 heavy (non-hydrogen) atoms. The molecule has 4 rings (SSSR count). The minimum absolute atomic E-state index is 0.264. The highest BCUT2D eigenvalue weighted by Crippen LogP contribution is 2.29. The summed E-state index contributed by atoms with van der Waals surface area (Å²) in [5.74, 6) is 0. The Kier molecular flexibility index (Phi) is 3.71. The van der Waals surface area contributed by atoms with Crippen molar-refractivity contribution in [1.82, 2.24) is 29.9 Å². The number of benzene rings is 1. The van der Waals surface area contributed by atoms with Crippen LogP contribution in [-0.2, 0) is 12.7 Å². The Hall–Kier alpha value is -3.23. The smallest absolute Gasteiger partial charge is 0.346 e. The van der Waals surface area contributed by atoms with Crippen LogP contribution in [0.25, 0.3) is 22.4 Å². The summed E-state index contributed by atoms with van der Waals surface area (Å²) in [6.07, 6.45) is -1.13. The fraction of sp³-hybridized carbons (Fsp3) is 0.176. The normalized spacial score (nSPS) is 12.0. The summed E-state index contributed by atoms with van der Waals surface area (Å²) in [5, 5.41) is 9.64. The van der Waals surface area contributed by atoms with Crippen molar-refractivity contribution in [2.45, 2.75) is 19.6 Å². The molecule has 1 aromatic carbocycles. The largest absolute Gasteiger partial charge is 0.416 e. The molecule has 0 amide bonds. The van der Waals surface area contributed by atoms with E-state index in [9.17, 15) is 13.2 Å². The molecule has 0 aliphatic rings. The third-order valence-electron chi connectivity index (χ3n) is 4.01. The lowest BCUT2D eigenvalue weighted by Gasteiger charge is -2.07. The summed E-state index contributed by atoms with van der Waals surface area (Å²) < 4.78 is 37.9. The van der Waals surface area contributed by atoms with E-state index in [0.29, 0.717) is 28.3 Å². The summed E-state index contributed by atoms with van der Waals surface area (Å²) >= 11 is 0. The van der Waals surface area contributed by atoms with E-state index >= 15 is 0 Å². The second-order valence-electron chi connectivity index (χ2n) is 5.82. The van der Waals surface area contributed by atoms with Crippen molar-refractivity contribution in [3.8, 4) is 11.4 Å². The van der Waals surface area contributed by atoms with Crippen molar-refractivity contribution >= 4 is 11.0 Å². The van der Waals surface area contributed by atoms with Gasteiger partial charge in [-0.1, -0.05) is 12.1 Å². The molecular weight excluding hydrogens is 345 g/mol. The molecule has 0 aliphatic heterocycles. The van der Waals surface area contributed by atoms with Gasteiger partial charge in [0, 0.05) is 11.6 Å². The highest BCUT2D eigenvalue weighted by molar-refractivity contribution is 5.89. The lowest BCUT2D eigenvalue weighted by atomic mass is 10.1. The predicted molar refractivity (Wildman–Crippen MR) is 88.2 cm³/mol. The Morgan fingerprint density at radius 2 is 1.77 bits per heavy atom. The molecular formula is C17H13F3N6. The van der Waals surface area contributed by atoms with E-state index in [1.807, 2.05) is 13.0 Å². The molecule has 4 aromatic rings. The maximum atomic E-state index is 12.6. The van der Waals surface area contributed by atoms with Crippen LogP contribution in [-0.4, -0.2) is 29.9 Å². The number of alkyl halides is 3. The monoisotopic (exact) mass is 358 g/mol. The number of halogens is 3. The molecule has 9 heteroatoms. The summed E-state index contributed by atoms with van der Waals surface area (Å²) in [7, 11) is 0. The average molecular weight is 358 g/mol. The van der Waals surface area contributed by atoms with E-state index in [1.54, 1.807) is 6.20 Å². The van der Waals surface area contributed by atoms with E-state index in [-0.39, 0.29) is 6.54 Å². The zero-order valence-corrected chi connectivity index (χ0v) is 13.6. The topological polar surface area (TPSA) is 72.3 Å². The molecule has 0 saturated carbocycles. The van der Waals surface area contributed by atoms with Crippen molar-refractivity contribution in [3.63, 3.8) is 0 Å². The van der Waals surface area contributed by atoms with Crippen molar-refractivity contribution < 1.29 is 13.2 Å². The summed E-state index contributed by atoms with van der Waals surface area (Å²) in [6.45, 7) is 2.08. The van der Waals surface area contributed by atoms with Crippen LogP contribution in [0.3, 0.4) is 0 Å². The molecule has 0 radical (unpaired) electrons. The van der Waals surface area contributed by atoms with Crippen molar-refractivity contribution in [3.05, 3.63) is 59.7 Å². The molecule has 3 heterocycles. The Bertz CT molecular complexity index is 1060. The Morgan fingerprint density at radius 1 is 1.00 bits per heavy atom. The average Bonchev–Trinajstić information content (AvgIpc) is 3.20. The number of aromatic nitrogens is 6. The van der Waals surface area contributed by atoms with Crippen LogP contribution in [0.4, 0.5) is 13.2 Å². The van der Waals surface area contributed by atoms with E-state index in [4.69, 9.17) is 0 Å². The van der Waals surface area contributed by atoms with Crippen LogP contribution in [0, 0.1) is 6.92 Å². The van der Waals surface area contributed by atoms with Gasteiger partial charge in [-0.05, 0) is 30.7 Å². The van der Waals surface area contributed by atoms with E-state index in [1.165, 1.54) is 23.3 Å². The first-order valence-corrected chi connectivity index (χ1v) is 7.78. The molecule has 0 atom stereocenters. The zero-order chi connectivity index (χ0) is 18.3. The minimum atomic E-state index is -4.35. The SMILES string of the molecule is Cc1nn(Cc2ccc(C(F)(F)F)cc2)nc1-c1ncnc2[nH]ccc12. The van der Waals surface area contributed by atoms with Gasteiger partial charge in [-0.25, -0.2) is 9.97 Å². The lowest BCUT2D eigenvalue weighted by Crippen LogP contribution is -2.07. The van der Waals surface area contributed by atoms with E-state index in [2.05, 4.69) is 25.1 Å². The molecule has 0 fully saturated rings. The van der Waals surface area contributed by atoms with Crippen LogP contribution in [0.2, 0.25) is 0 Å². The minimum Gasteiger partial charge on any atom is -0.346 e. The highest BCUT2D eigenvalue weighted by Gasteiger charge is 2.29. The van der Waals surface area contributed by atoms with Gasteiger partial charge in [-0.2, -0.15) is 28.2 Å². The van der Waals surface area contributed by atoms with Gasteiger partial charge in [0.2, 0.25) is 0 Å². The zero-order valence-electron chi connectivity index (χ0n) is 13.6. The van der Waals surface area contributed by atoms with Gasteiger partial charge >= 0.3 is 6.18 Å². The standard InChI is InChI=1S/C17H13F3N6/c1-10-14(15-13-6-7-21-16(13)23-9-22-15)25-26(24-10)8-11-2-4-12(5-3-11)17(18,19)20/h2-7,9H,8H2,1H3,(H,21,22,23). The van der Waals surface area contributed by atoms with Crippen molar-refractivity contribution in [2.24, 2.45) is 0 Å². The van der Waals surface area contributed by atoms with Gasteiger partial charge in [-0.3, -0.25) is 0 Å². The van der Waals surface area contributed by atoms with Crippen LogP contribution in [0.1, 0.15) is 16.8 Å². The number of rotatable bonds is 3. The number of H-pyrrole nitrogens is 1. The van der Waals surface area contributed by atoms with Crippen LogP contribution >= 0.6 is 0 Å². The first-order valence-electron chi connectivity index (χ1n) is 7.78. The molecule has 0 bridgehead atoms. The molecule has 0 aliphatic carbocycles. The number of nitrogens with one attached hydrogen (secondary N) is 1. The van der Waals surface area contributed by atoms with E-state index < -0.39 is 11.7 Å². The summed E-state index contributed by atoms with van der Waals surface area (Å²) in [4.78, 5) is 12.9. The fourth-order valence-corrected chi connectivity index (χ4v) is 2.74. The Balaban J connectivity index is 1.64. The van der Waals surface area contributed by atoms with Gasteiger partial charge < -0.3 is 4.98 Å².